The molecule has 1 aliphatic rings. The minimum Gasteiger partial charge on any atom is -0.377 e. The van der Waals surface area contributed by atoms with Gasteiger partial charge in [0.25, 0.3) is 5.91 Å². The summed E-state index contributed by atoms with van der Waals surface area (Å²) < 4.78 is 3.58. The van der Waals surface area contributed by atoms with Crippen molar-refractivity contribution in [1.82, 2.24) is 24.6 Å². The van der Waals surface area contributed by atoms with E-state index in [9.17, 15) is 9.90 Å². The lowest BCUT2D eigenvalue weighted by Gasteiger charge is -2.25. The number of hydrogen-bond donors (Lipinski definition) is 2. The van der Waals surface area contributed by atoms with Gasteiger partial charge in [0.2, 0.25) is 0 Å². The second-order valence-corrected chi connectivity index (χ2v) is 5.08. The second kappa shape index (κ2) is 5.09. The average Bonchev–Trinajstić information content (AvgIpc) is 3.05. The van der Waals surface area contributed by atoms with Crippen LogP contribution in [0.15, 0.2) is 24.8 Å². The molecule has 2 unspecified atom stereocenters. The van der Waals surface area contributed by atoms with E-state index in [2.05, 4.69) is 15.4 Å². The van der Waals surface area contributed by atoms with Crippen LogP contribution in [0.2, 0.25) is 0 Å². The predicted octanol–water partition coefficient (Wildman–Crippen LogP) is -0.219. The Bertz CT molecular complexity index is 618. The maximum absolute atomic E-state index is 12.1. The summed E-state index contributed by atoms with van der Waals surface area (Å²) in [6.07, 6.45) is 5.20. The van der Waals surface area contributed by atoms with Gasteiger partial charge in [-0.15, -0.1) is 0 Å². The van der Waals surface area contributed by atoms with Crippen molar-refractivity contribution in [2.75, 3.05) is 0 Å². The fourth-order valence-corrected chi connectivity index (χ4v) is 2.54. The highest BCUT2D eigenvalue weighted by Gasteiger charge is 2.25. The first-order valence-corrected chi connectivity index (χ1v) is 6.60. The van der Waals surface area contributed by atoms with Gasteiger partial charge in [-0.3, -0.25) is 9.48 Å². The molecule has 0 saturated carbocycles. The number of fused-ring (bicyclic) bond motifs is 1. The third kappa shape index (κ3) is 2.32. The van der Waals surface area contributed by atoms with Crippen LogP contribution < -0.4 is 5.32 Å². The van der Waals surface area contributed by atoms with Gasteiger partial charge in [-0.1, -0.05) is 0 Å². The lowest BCUT2D eigenvalue weighted by Crippen LogP contribution is -2.42. The van der Waals surface area contributed by atoms with E-state index in [1.807, 2.05) is 10.7 Å². The van der Waals surface area contributed by atoms with E-state index in [1.165, 1.54) is 6.20 Å². The molecule has 0 fully saturated rings. The Morgan fingerprint density at radius 3 is 3.20 bits per heavy atom. The molecule has 20 heavy (non-hydrogen) atoms. The summed E-state index contributed by atoms with van der Waals surface area (Å²) in [5.41, 5.74) is 1.60. The molecule has 0 aromatic carbocycles. The number of nitrogens with zero attached hydrogens (tertiary/aromatic N) is 4. The average molecular weight is 275 g/mol. The van der Waals surface area contributed by atoms with Crippen molar-refractivity contribution in [1.29, 1.82) is 0 Å². The molecule has 3 rings (SSSR count). The smallest absolute Gasteiger partial charge is 0.255 e. The molecule has 0 bridgehead atoms. The van der Waals surface area contributed by atoms with Crippen molar-refractivity contribution in [2.45, 2.75) is 31.5 Å². The SMILES string of the molecule is Cn1cncc1C(O)C(=O)NC1CCn2nccc2C1. The molecular weight excluding hydrogens is 258 g/mol. The number of aryl methyl sites for hydroxylation is 2. The summed E-state index contributed by atoms with van der Waals surface area (Å²) in [7, 11) is 1.75. The van der Waals surface area contributed by atoms with E-state index in [1.54, 1.807) is 24.1 Å². The van der Waals surface area contributed by atoms with E-state index in [0.29, 0.717) is 5.69 Å². The van der Waals surface area contributed by atoms with Crippen LogP contribution in [0.5, 0.6) is 0 Å². The number of rotatable bonds is 3. The molecule has 0 saturated heterocycles. The summed E-state index contributed by atoms with van der Waals surface area (Å²) in [6, 6.07) is 1.99. The van der Waals surface area contributed by atoms with E-state index >= 15 is 0 Å². The Labute approximate surface area is 116 Å². The monoisotopic (exact) mass is 275 g/mol. The summed E-state index contributed by atoms with van der Waals surface area (Å²) in [4.78, 5) is 16.0. The Morgan fingerprint density at radius 2 is 2.45 bits per heavy atom. The van der Waals surface area contributed by atoms with Gasteiger partial charge in [-0.25, -0.2) is 4.98 Å². The van der Waals surface area contributed by atoms with Gasteiger partial charge in [-0.2, -0.15) is 5.10 Å². The molecule has 2 aromatic rings. The Balaban J connectivity index is 1.64. The normalized spacial score (nSPS) is 19.4. The predicted molar refractivity (Wildman–Crippen MR) is 70.6 cm³/mol. The van der Waals surface area contributed by atoms with Crippen LogP contribution in [0, 0.1) is 0 Å². The molecule has 7 heteroatoms. The zero-order valence-electron chi connectivity index (χ0n) is 11.2. The van der Waals surface area contributed by atoms with Crippen molar-refractivity contribution in [2.24, 2.45) is 7.05 Å². The van der Waals surface area contributed by atoms with E-state index in [0.717, 1.165) is 25.1 Å². The number of amides is 1. The van der Waals surface area contributed by atoms with Crippen molar-refractivity contribution in [3.8, 4) is 0 Å². The molecule has 106 valence electrons. The molecule has 7 nitrogen and oxygen atoms in total. The van der Waals surface area contributed by atoms with Crippen molar-refractivity contribution in [3.05, 3.63) is 36.2 Å². The summed E-state index contributed by atoms with van der Waals surface area (Å²) in [6.45, 7) is 0.787. The number of aliphatic hydroxyl groups excluding tert-OH is 1. The largest absolute Gasteiger partial charge is 0.377 e. The highest BCUT2D eigenvalue weighted by molar-refractivity contribution is 5.81. The molecular formula is C13H17N5O2. The van der Waals surface area contributed by atoms with Gasteiger partial charge in [0.15, 0.2) is 6.10 Å². The number of nitrogens with one attached hydrogen (secondary N) is 1. The minimum atomic E-state index is -1.19. The zero-order valence-corrected chi connectivity index (χ0v) is 11.2. The first-order chi connectivity index (χ1) is 9.65. The molecule has 3 heterocycles. The fourth-order valence-electron chi connectivity index (χ4n) is 2.54. The summed E-state index contributed by atoms with van der Waals surface area (Å²) >= 11 is 0. The minimum absolute atomic E-state index is 0.0366. The van der Waals surface area contributed by atoms with Crippen LogP contribution in [0.25, 0.3) is 0 Å². The summed E-state index contributed by atoms with van der Waals surface area (Å²) in [5, 5.41) is 17.1. The van der Waals surface area contributed by atoms with E-state index < -0.39 is 6.10 Å². The maximum Gasteiger partial charge on any atom is 0.255 e. The fraction of sp³-hybridized carbons (Fsp3) is 0.462. The third-order valence-electron chi connectivity index (χ3n) is 3.68. The van der Waals surface area contributed by atoms with Gasteiger partial charge in [0, 0.05) is 37.9 Å². The molecule has 2 atom stereocenters. The molecule has 0 radical (unpaired) electrons. The number of aromatic nitrogens is 4. The lowest BCUT2D eigenvalue weighted by atomic mass is 10.0. The van der Waals surface area contributed by atoms with Crippen LogP contribution >= 0.6 is 0 Å². The Kier molecular flexibility index (Phi) is 3.27. The van der Waals surface area contributed by atoms with Crippen LogP contribution in [-0.2, 0) is 24.8 Å². The number of carbonyl (C=O) groups excluding carboxylic acids is 1. The van der Waals surface area contributed by atoms with Gasteiger partial charge in [0.05, 0.1) is 18.2 Å². The standard InChI is InChI=1S/C13H17N5O2/c1-17-8-14-7-11(17)12(19)13(20)16-9-3-5-18-10(6-9)2-4-15-18/h2,4,7-9,12,19H,3,5-6H2,1H3,(H,16,20). The molecule has 1 aliphatic heterocycles. The first kappa shape index (κ1) is 12.9. The topological polar surface area (TPSA) is 85.0 Å². The lowest BCUT2D eigenvalue weighted by molar-refractivity contribution is -0.130. The van der Waals surface area contributed by atoms with Crippen molar-refractivity contribution < 1.29 is 9.90 Å². The molecule has 1 amide bonds. The molecule has 2 N–H and O–H groups in total. The van der Waals surface area contributed by atoms with Crippen LogP contribution in [0.3, 0.4) is 0 Å². The van der Waals surface area contributed by atoms with Gasteiger partial charge in [-0.05, 0) is 12.5 Å². The van der Waals surface area contributed by atoms with Crippen LogP contribution in [0.1, 0.15) is 23.9 Å². The number of hydrogen-bond acceptors (Lipinski definition) is 4. The van der Waals surface area contributed by atoms with Crippen molar-refractivity contribution >= 4 is 5.91 Å². The first-order valence-electron chi connectivity index (χ1n) is 6.60. The molecule has 0 spiro atoms. The van der Waals surface area contributed by atoms with Gasteiger partial charge < -0.3 is 15.0 Å². The molecule has 2 aromatic heterocycles. The van der Waals surface area contributed by atoms with E-state index in [-0.39, 0.29) is 11.9 Å². The van der Waals surface area contributed by atoms with Gasteiger partial charge >= 0.3 is 0 Å². The highest BCUT2D eigenvalue weighted by Crippen LogP contribution is 2.16. The van der Waals surface area contributed by atoms with Crippen LogP contribution in [-0.4, -0.2) is 36.4 Å². The number of aliphatic hydroxyl groups is 1. The summed E-state index contributed by atoms with van der Waals surface area (Å²) in [5.74, 6) is -0.383. The Morgan fingerprint density at radius 1 is 1.60 bits per heavy atom. The highest BCUT2D eigenvalue weighted by atomic mass is 16.3. The zero-order chi connectivity index (χ0) is 14.1. The van der Waals surface area contributed by atoms with Crippen molar-refractivity contribution in [3.63, 3.8) is 0 Å². The number of imidazole rings is 1. The molecule has 0 aliphatic carbocycles. The van der Waals surface area contributed by atoms with Crippen LogP contribution in [0.4, 0.5) is 0 Å². The number of carbonyl (C=O) groups is 1. The second-order valence-electron chi connectivity index (χ2n) is 5.08. The maximum atomic E-state index is 12.1. The van der Waals surface area contributed by atoms with E-state index in [4.69, 9.17) is 0 Å². The Hall–Kier alpha value is -2.15. The van der Waals surface area contributed by atoms with Gasteiger partial charge in [0.1, 0.15) is 0 Å². The third-order valence-corrected chi connectivity index (χ3v) is 3.68. The quantitative estimate of drug-likeness (QED) is 0.811.